The molecule has 162 valence electrons. The van der Waals surface area contributed by atoms with Crippen LogP contribution in [0.15, 0.2) is 4.99 Å². The molecule has 0 aromatic heterocycles. The second kappa shape index (κ2) is 12.0. The topological polar surface area (TPSA) is 52.1 Å². The molecule has 0 unspecified atom stereocenters. The number of guanidine groups is 1. The minimum absolute atomic E-state index is 0.354. The molecule has 2 saturated heterocycles. The van der Waals surface area contributed by atoms with E-state index in [-0.39, 0.29) is 0 Å². The van der Waals surface area contributed by atoms with Crippen LogP contribution in [-0.4, -0.2) is 87.4 Å². The number of aliphatic imine (C=N–C) groups is 1. The zero-order chi connectivity index (χ0) is 19.5. The Kier molecular flexibility index (Phi) is 9.35. The van der Waals surface area contributed by atoms with Gasteiger partial charge >= 0.3 is 0 Å². The predicted molar refractivity (Wildman–Crippen MR) is 117 cm³/mol. The molecule has 0 spiro atoms. The average molecular weight is 394 g/mol. The van der Waals surface area contributed by atoms with Crippen molar-refractivity contribution < 1.29 is 4.74 Å². The first-order valence-electron chi connectivity index (χ1n) is 11.8. The molecule has 0 aromatic rings. The Bertz CT molecular complexity index is 452. The van der Waals surface area contributed by atoms with E-state index in [1.165, 1.54) is 83.8 Å². The quantitative estimate of drug-likeness (QED) is 0.377. The van der Waals surface area contributed by atoms with Crippen molar-refractivity contribution in [2.75, 3.05) is 66.1 Å². The second-order valence-corrected chi connectivity index (χ2v) is 8.85. The van der Waals surface area contributed by atoms with Crippen molar-refractivity contribution in [3.05, 3.63) is 0 Å². The van der Waals surface area contributed by atoms with Crippen LogP contribution in [0.5, 0.6) is 0 Å². The Morgan fingerprint density at radius 2 is 1.61 bits per heavy atom. The summed E-state index contributed by atoms with van der Waals surface area (Å²) in [7, 11) is 1.90. The maximum absolute atomic E-state index is 5.42. The Morgan fingerprint density at radius 3 is 2.32 bits per heavy atom. The minimum atomic E-state index is 0.354. The van der Waals surface area contributed by atoms with Crippen LogP contribution in [0.3, 0.4) is 0 Å². The summed E-state index contributed by atoms with van der Waals surface area (Å²) in [5, 5.41) is 7.23. The van der Waals surface area contributed by atoms with Crippen LogP contribution in [0.4, 0.5) is 0 Å². The van der Waals surface area contributed by atoms with Crippen molar-refractivity contribution in [1.82, 2.24) is 20.4 Å². The van der Waals surface area contributed by atoms with Gasteiger partial charge in [-0.05, 0) is 58.2 Å². The summed E-state index contributed by atoms with van der Waals surface area (Å²) >= 11 is 0. The molecule has 0 radical (unpaired) electrons. The van der Waals surface area contributed by atoms with E-state index in [1.54, 1.807) is 0 Å². The van der Waals surface area contributed by atoms with Crippen LogP contribution in [-0.2, 0) is 4.74 Å². The second-order valence-electron chi connectivity index (χ2n) is 8.85. The van der Waals surface area contributed by atoms with E-state index in [0.717, 1.165) is 45.4 Å². The molecule has 0 amide bonds. The number of morpholine rings is 1. The van der Waals surface area contributed by atoms with Gasteiger partial charge in [0.05, 0.1) is 13.2 Å². The van der Waals surface area contributed by atoms with E-state index in [1.807, 2.05) is 7.05 Å². The first kappa shape index (κ1) is 21.8. The molecule has 3 rings (SSSR count). The maximum Gasteiger partial charge on any atom is 0.191 e. The first-order valence-corrected chi connectivity index (χ1v) is 11.8. The van der Waals surface area contributed by atoms with Gasteiger partial charge in [0.2, 0.25) is 0 Å². The van der Waals surface area contributed by atoms with Gasteiger partial charge in [-0.3, -0.25) is 14.8 Å². The summed E-state index contributed by atoms with van der Waals surface area (Å²) < 4.78 is 5.42. The van der Waals surface area contributed by atoms with Crippen LogP contribution < -0.4 is 10.6 Å². The smallest absolute Gasteiger partial charge is 0.191 e. The average Bonchev–Trinajstić information content (AvgIpc) is 2.77. The fourth-order valence-corrected chi connectivity index (χ4v) is 5.14. The standard InChI is InChI=1S/C22H43N5O/c1-23-21(24-12-6-9-13-26-16-18-28-19-17-26)25-20-22(10-4-2-5-11-22)27-14-7-3-8-15-27/h2-20H2,1H3,(H2,23,24,25). The molecule has 28 heavy (non-hydrogen) atoms. The van der Waals surface area contributed by atoms with Crippen LogP contribution in [0.1, 0.15) is 64.2 Å². The Hall–Kier alpha value is -0.850. The number of rotatable bonds is 8. The normalized spacial score (nSPS) is 24.8. The van der Waals surface area contributed by atoms with Gasteiger partial charge in [-0.25, -0.2) is 0 Å². The van der Waals surface area contributed by atoms with Crippen LogP contribution >= 0.6 is 0 Å². The van der Waals surface area contributed by atoms with Gasteiger partial charge in [0.15, 0.2) is 5.96 Å². The van der Waals surface area contributed by atoms with Gasteiger partial charge in [0.1, 0.15) is 0 Å². The summed E-state index contributed by atoms with van der Waals surface area (Å²) in [6.07, 6.45) is 13.4. The zero-order valence-electron chi connectivity index (χ0n) is 18.2. The third kappa shape index (κ3) is 6.60. The van der Waals surface area contributed by atoms with Crippen molar-refractivity contribution in [3.63, 3.8) is 0 Å². The maximum atomic E-state index is 5.42. The van der Waals surface area contributed by atoms with Gasteiger partial charge in [0, 0.05) is 38.8 Å². The van der Waals surface area contributed by atoms with Gasteiger partial charge in [0.25, 0.3) is 0 Å². The van der Waals surface area contributed by atoms with E-state index in [0.29, 0.717) is 5.54 Å². The highest BCUT2D eigenvalue weighted by Crippen LogP contribution is 2.35. The highest BCUT2D eigenvalue weighted by molar-refractivity contribution is 5.79. The number of likely N-dealkylation sites (tertiary alicyclic amines) is 1. The zero-order valence-corrected chi connectivity index (χ0v) is 18.2. The summed E-state index contributed by atoms with van der Waals surface area (Å²) in [5.41, 5.74) is 0.354. The number of ether oxygens (including phenoxy) is 1. The SMILES string of the molecule is CN=C(NCCCCN1CCOCC1)NCC1(N2CCCCC2)CCCCC1. The molecule has 2 aliphatic heterocycles. The van der Waals surface area contributed by atoms with E-state index in [9.17, 15) is 0 Å². The molecule has 1 aliphatic carbocycles. The molecule has 2 N–H and O–H groups in total. The van der Waals surface area contributed by atoms with E-state index in [4.69, 9.17) is 4.74 Å². The Labute approximate surface area is 172 Å². The van der Waals surface area contributed by atoms with Crippen LogP contribution in [0.2, 0.25) is 0 Å². The molecule has 6 heteroatoms. The number of unbranched alkanes of at least 4 members (excludes halogenated alkanes) is 1. The molecule has 0 aromatic carbocycles. The minimum Gasteiger partial charge on any atom is -0.379 e. The Morgan fingerprint density at radius 1 is 0.893 bits per heavy atom. The summed E-state index contributed by atoms with van der Waals surface area (Å²) in [4.78, 5) is 9.80. The number of hydrogen-bond donors (Lipinski definition) is 2. The Balaban J connectivity index is 1.37. The lowest BCUT2D eigenvalue weighted by Crippen LogP contribution is -2.59. The molecular weight excluding hydrogens is 350 g/mol. The monoisotopic (exact) mass is 393 g/mol. The number of piperidine rings is 1. The van der Waals surface area contributed by atoms with Gasteiger partial charge < -0.3 is 15.4 Å². The van der Waals surface area contributed by atoms with Crippen molar-refractivity contribution in [1.29, 1.82) is 0 Å². The molecule has 3 fully saturated rings. The molecule has 1 saturated carbocycles. The molecule has 6 nitrogen and oxygen atoms in total. The van der Waals surface area contributed by atoms with Gasteiger partial charge in [-0.1, -0.05) is 25.7 Å². The number of nitrogens with one attached hydrogen (secondary N) is 2. The molecular formula is C22H43N5O. The fraction of sp³-hybridized carbons (Fsp3) is 0.955. The lowest BCUT2D eigenvalue weighted by molar-refractivity contribution is 0.0366. The van der Waals surface area contributed by atoms with Crippen molar-refractivity contribution >= 4 is 5.96 Å². The van der Waals surface area contributed by atoms with Crippen molar-refractivity contribution in [2.45, 2.75) is 69.7 Å². The highest BCUT2D eigenvalue weighted by Gasteiger charge is 2.38. The van der Waals surface area contributed by atoms with E-state index < -0.39 is 0 Å². The van der Waals surface area contributed by atoms with E-state index >= 15 is 0 Å². The molecule has 2 heterocycles. The van der Waals surface area contributed by atoms with Crippen LogP contribution in [0, 0.1) is 0 Å². The first-order chi connectivity index (χ1) is 13.8. The van der Waals surface area contributed by atoms with E-state index in [2.05, 4.69) is 25.4 Å². The van der Waals surface area contributed by atoms with Gasteiger partial charge in [-0.2, -0.15) is 0 Å². The summed E-state index contributed by atoms with van der Waals surface area (Å²) in [6, 6.07) is 0. The molecule has 0 bridgehead atoms. The summed E-state index contributed by atoms with van der Waals surface area (Å²) in [6.45, 7) is 9.78. The highest BCUT2D eigenvalue weighted by atomic mass is 16.5. The largest absolute Gasteiger partial charge is 0.379 e. The predicted octanol–water partition coefficient (Wildman–Crippen LogP) is 2.45. The lowest BCUT2D eigenvalue weighted by atomic mass is 9.79. The third-order valence-corrected chi connectivity index (χ3v) is 6.92. The summed E-state index contributed by atoms with van der Waals surface area (Å²) in [5.74, 6) is 0.980. The lowest BCUT2D eigenvalue weighted by Gasteiger charge is -2.48. The number of hydrogen-bond acceptors (Lipinski definition) is 4. The van der Waals surface area contributed by atoms with Gasteiger partial charge in [-0.15, -0.1) is 0 Å². The number of nitrogens with zero attached hydrogens (tertiary/aromatic N) is 3. The molecule has 0 atom stereocenters. The van der Waals surface area contributed by atoms with Crippen molar-refractivity contribution in [2.24, 2.45) is 4.99 Å². The molecule has 3 aliphatic rings. The van der Waals surface area contributed by atoms with Crippen molar-refractivity contribution in [3.8, 4) is 0 Å². The van der Waals surface area contributed by atoms with Crippen LogP contribution in [0.25, 0.3) is 0 Å². The third-order valence-electron chi connectivity index (χ3n) is 6.92. The fourth-order valence-electron chi connectivity index (χ4n) is 5.14.